The molecule has 0 atom stereocenters. The molecule has 1 heterocycles. The van der Waals surface area contributed by atoms with E-state index in [1.165, 1.54) is 12.1 Å². The molecule has 2 N–H and O–H groups in total. The van der Waals surface area contributed by atoms with E-state index >= 15 is 0 Å². The molecule has 1 aromatic rings. The van der Waals surface area contributed by atoms with Crippen molar-refractivity contribution in [3.63, 3.8) is 0 Å². The Labute approximate surface area is 110 Å². The van der Waals surface area contributed by atoms with Crippen LogP contribution in [0.4, 0.5) is 11.4 Å². The summed E-state index contributed by atoms with van der Waals surface area (Å²) in [5.74, 6) is 0.798. The fraction of sp³-hybridized carbons (Fsp3) is 0.600. The van der Waals surface area contributed by atoms with E-state index in [0.717, 1.165) is 18.8 Å². The molecule has 1 aromatic carbocycles. The maximum atomic E-state index is 5.95. The zero-order valence-corrected chi connectivity index (χ0v) is 11.9. The molecule has 1 aliphatic rings. The monoisotopic (exact) mass is 248 g/mol. The third kappa shape index (κ3) is 2.89. The molecule has 0 amide bonds. The van der Waals surface area contributed by atoms with Crippen molar-refractivity contribution in [1.82, 2.24) is 0 Å². The smallest absolute Gasteiger partial charge is 0.144 e. The van der Waals surface area contributed by atoms with Crippen molar-refractivity contribution in [3.05, 3.63) is 18.2 Å². The number of ether oxygens (including phenoxy) is 1. The lowest BCUT2D eigenvalue weighted by atomic mass is 9.93. The molecule has 0 unspecified atom stereocenters. The predicted octanol–water partition coefficient (Wildman–Crippen LogP) is 3.29. The zero-order valence-electron chi connectivity index (χ0n) is 11.9. The molecule has 0 saturated carbocycles. The second-order valence-electron chi connectivity index (χ2n) is 6.22. The summed E-state index contributed by atoms with van der Waals surface area (Å²) < 4.78 is 5.75. The van der Waals surface area contributed by atoms with Gasteiger partial charge in [0.2, 0.25) is 0 Å². The van der Waals surface area contributed by atoms with Crippen molar-refractivity contribution in [3.8, 4) is 5.75 Å². The third-order valence-corrected chi connectivity index (χ3v) is 3.40. The molecule has 2 rings (SSSR count). The minimum Gasteiger partial charge on any atom is -0.489 e. The Morgan fingerprint density at radius 1 is 1.33 bits per heavy atom. The Morgan fingerprint density at radius 2 is 2.06 bits per heavy atom. The molecule has 0 radical (unpaired) electrons. The van der Waals surface area contributed by atoms with Crippen LogP contribution in [0.25, 0.3) is 0 Å². The third-order valence-electron chi connectivity index (χ3n) is 3.40. The Balaban J connectivity index is 2.19. The molecule has 1 saturated heterocycles. The van der Waals surface area contributed by atoms with E-state index in [9.17, 15) is 0 Å². The van der Waals surface area contributed by atoms with Crippen molar-refractivity contribution in [1.29, 1.82) is 0 Å². The Morgan fingerprint density at radius 3 is 2.61 bits per heavy atom. The fourth-order valence-corrected chi connectivity index (χ4v) is 2.41. The van der Waals surface area contributed by atoms with E-state index in [4.69, 9.17) is 10.5 Å². The SMILES string of the molecule is CC(C)Oc1cc(N2CCC(C)(C)C2)ccc1N. The number of nitrogens with two attached hydrogens (primary N) is 1. The summed E-state index contributed by atoms with van der Waals surface area (Å²) >= 11 is 0. The molecular weight excluding hydrogens is 224 g/mol. The minimum absolute atomic E-state index is 0.151. The normalized spacial score (nSPS) is 18.4. The molecule has 18 heavy (non-hydrogen) atoms. The highest BCUT2D eigenvalue weighted by molar-refractivity contribution is 5.62. The number of hydrogen-bond acceptors (Lipinski definition) is 3. The van der Waals surface area contributed by atoms with Crippen LogP contribution in [0.1, 0.15) is 34.1 Å². The summed E-state index contributed by atoms with van der Waals surface area (Å²) in [5.41, 5.74) is 8.28. The highest BCUT2D eigenvalue weighted by Gasteiger charge is 2.29. The van der Waals surface area contributed by atoms with Gasteiger partial charge in [-0.1, -0.05) is 13.8 Å². The summed E-state index contributed by atoms with van der Waals surface area (Å²) in [4.78, 5) is 2.41. The first-order valence-corrected chi connectivity index (χ1v) is 6.68. The summed E-state index contributed by atoms with van der Waals surface area (Å²) in [6.07, 6.45) is 1.38. The van der Waals surface area contributed by atoms with Crippen molar-refractivity contribution < 1.29 is 4.74 Å². The van der Waals surface area contributed by atoms with Gasteiger partial charge in [-0.15, -0.1) is 0 Å². The van der Waals surface area contributed by atoms with Crippen LogP contribution in [0.5, 0.6) is 5.75 Å². The standard InChI is InChI=1S/C15H24N2O/c1-11(2)18-14-9-12(5-6-13(14)16)17-8-7-15(3,4)10-17/h5-6,9,11H,7-8,10,16H2,1-4H3. The van der Waals surface area contributed by atoms with Crippen LogP contribution >= 0.6 is 0 Å². The lowest BCUT2D eigenvalue weighted by Gasteiger charge is -2.23. The van der Waals surface area contributed by atoms with Gasteiger partial charge in [0.1, 0.15) is 5.75 Å². The maximum absolute atomic E-state index is 5.95. The molecular formula is C15H24N2O. The maximum Gasteiger partial charge on any atom is 0.144 e. The molecule has 3 heteroatoms. The fourth-order valence-electron chi connectivity index (χ4n) is 2.41. The van der Waals surface area contributed by atoms with Gasteiger partial charge in [-0.05, 0) is 37.8 Å². The summed E-state index contributed by atoms with van der Waals surface area (Å²) in [6, 6.07) is 6.10. The van der Waals surface area contributed by atoms with Gasteiger partial charge in [-0.3, -0.25) is 0 Å². The van der Waals surface area contributed by atoms with Crippen LogP contribution in [0.15, 0.2) is 18.2 Å². The van der Waals surface area contributed by atoms with E-state index < -0.39 is 0 Å². The van der Waals surface area contributed by atoms with Crippen LogP contribution < -0.4 is 15.4 Å². The zero-order chi connectivity index (χ0) is 13.3. The number of benzene rings is 1. The van der Waals surface area contributed by atoms with Crippen LogP contribution in [0, 0.1) is 5.41 Å². The molecule has 1 aliphatic heterocycles. The van der Waals surface area contributed by atoms with Gasteiger partial charge in [-0.25, -0.2) is 0 Å². The molecule has 1 fully saturated rings. The first-order valence-electron chi connectivity index (χ1n) is 6.68. The molecule has 0 spiro atoms. The van der Waals surface area contributed by atoms with Crippen molar-refractivity contribution >= 4 is 11.4 Å². The topological polar surface area (TPSA) is 38.5 Å². The molecule has 0 aliphatic carbocycles. The van der Waals surface area contributed by atoms with Crippen molar-refractivity contribution in [2.24, 2.45) is 5.41 Å². The second-order valence-corrected chi connectivity index (χ2v) is 6.22. The van der Waals surface area contributed by atoms with Crippen molar-refractivity contribution in [2.75, 3.05) is 23.7 Å². The highest BCUT2D eigenvalue weighted by Crippen LogP contribution is 2.35. The van der Waals surface area contributed by atoms with Gasteiger partial charge >= 0.3 is 0 Å². The average molecular weight is 248 g/mol. The number of nitrogen functional groups attached to an aromatic ring is 1. The number of rotatable bonds is 3. The Bertz CT molecular complexity index is 427. The minimum atomic E-state index is 0.151. The Kier molecular flexibility index (Phi) is 3.42. The van der Waals surface area contributed by atoms with Gasteiger partial charge in [0.15, 0.2) is 0 Å². The largest absolute Gasteiger partial charge is 0.489 e. The van der Waals surface area contributed by atoms with Gasteiger partial charge in [0.05, 0.1) is 11.8 Å². The van der Waals surface area contributed by atoms with Gasteiger partial charge < -0.3 is 15.4 Å². The molecule has 0 aromatic heterocycles. The Hall–Kier alpha value is -1.38. The van der Waals surface area contributed by atoms with E-state index in [0.29, 0.717) is 11.1 Å². The second kappa shape index (κ2) is 4.71. The first-order chi connectivity index (χ1) is 8.37. The summed E-state index contributed by atoms with van der Waals surface area (Å²) in [7, 11) is 0. The lowest BCUT2D eigenvalue weighted by molar-refractivity contribution is 0.244. The molecule has 100 valence electrons. The lowest BCUT2D eigenvalue weighted by Crippen LogP contribution is -2.22. The predicted molar refractivity (Wildman–Crippen MR) is 77.2 cm³/mol. The highest BCUT2D eigenvalue weighted by atomic mass is 16.5. The van der Waals surface area contributed by atoms with E-state index in [2.05, 4.69) is 30.9 Å². The van der Waals surface area contributed by atoms with E-state index in [-0.39, 0.29) is 6.10 Å². The van der Waals surface area contributed by atoms with Gasteiger partial charge in [0.25, 0.3) is 0 Å². The molecule has 3 nitrogen and oxygen atoms in total. The van der Waals surface area contributed by atoms with Gasteiger partial charge in [-0.2, -0.15) is 0 Å². The average Bonchev–Trinajstić information content (AvgIpc) is 2.61. The first kappa shape index (κ1) is 13.1. The van der Waals surface area contributed by atoms with E-state index in [1.54, 1.807) is 0 Å². The van der Waals surface area contributed by atoms with Crippen LogP contribution in [-0.4, -0.2) is 19.2 Å². The van der Waals surface area contributed by atoms with Crippen LogP contribution in [0.2, 0.25) is 0 Å². The number of hydrogen-bond donors (Lipinski definition) is 1. The van der Waals surface area contributed by atoms with E-state index in [1.807, 2.05) is 19.9 Å². The summed E-state index contributed by atoms with van der Waals surface area (Å²) in [5, 5.41) is 0. The van der Waals surface area contributed by atoms with Gasteiger partial charge in [0, 0.05) is 24.8 Å². The van der Waals surface area contributed by atoms with Crippen LogP contribution in [0.3, 0.4) is 0 Å². The quantitative estimate of drug-likeness (QED) is 0.834. The number of nitrogens with zero attached hydrogens (tertiary/aromatic N) is 1. The number of anilines is 2. The van der Waals surface area contributed by atoms with Crippen LogP contribution in [-0.2, 0) is 0 Å². The summed E-state index contributed by atoms with van der Waals surface area (Å²) in [6.45, 7) is 10.9. The molecule has 0 bridgehead atoms. The van der Waals surface area contributed by atoms with Crippen molar-refractivity contribution in [2.45, 2.75) is 40.2 Å².